The monoisotopic (exact) mass is 217 g/mol. The number of rotatable bonds is 6. The molecule has 3 unspecified atom stereocenters. The van der Waals surface area contributed by atoms with Crippen LogP contribution in [0.1, 0.15) is 13.3 Å². The van der Waals surface area contributed by atoms with E-state index in [0.29, 0.717) is 0 Å². The van der Waals surface area contributed by atoms with Crippen LogP contribution in [0.2, 0.25) is 0 Å². The quantitative estimate of drug-likeness (QED) is 0.591. The molecule has 0 saturated heterocycles. The molecule has 0 bridgehead atoms. The minimum atomic E-state index is -1.46. The van der Waals surface area contributed by atoms with Crippen molar-refractivity contribution in [3.8, 4) is 0 Å². The van der Waals surface area contributed by atoms with Crippen molar-refractivity contribution >= 4 is 17.9 Å². The summed E-state index contributed by atoms with van der Waals surface area (Å²) in [5.74, 6) is -8.11. The van der Waals surface area contributed by atoms with Crippen molar-refractivity contribution in [1.29, 1.82) is 0 Å². The molecule has 0 heterocycles. The van der Waals surface area contributed by atoms with Crippen LogP contribution in [0.25, 0.3) is 0 Å². The number of carboxylic acids is 3. The molecule has 0 aromatic carbocycles. The summed E-state index contributed by atoms with van der Waals surface area (Å²) >= 11 is 0. The molecule has 3 N–H and O–H groups in total. The fourth-order valence-electron chi connectivity index (χ4n) is 1.34. The van der Waals surface area contributed by atoms with E-state index in [4.69, 9.17) is 15.3 Å². The van der Waals surface area contributed by atoms with Crippen molar-refractivity contribution in [2.24, 2.45) is 17.8 Å². The molecule has 3 atom stereocenters. The third-order valence-corrected chi connectivity index (χ3v) is 2.28. The number of carboxylic acid groups (broad SMARTS) is 3. The van der Waals surface area contributed by atoms with Crippen molar-refractivity contribution in [3.05, 3.63) is 6.92 Å². The predicted molar refractivity (Wildman–Crippen MR) is 49.0 cm³/mol. The van der Waals surface area contributed by atoms with Gasteiger partial charge in [0.25, 0.3) is 0 Å². The van der Waals surface area contributed by atoms with Crippen molar-refractivity contribution in [1.82, 2.24) is 0 Å². The van der Waals surface area contributed by atoms with Gasteiger partial charge in [-0.1, -0.05) is 13.8 Å². The molecule has 0 aromatic rings. The highest BCUT2D eigenvalue weighted by Gasteiger charge is 2.39. The largest absolute Gasteiger partial charge is 0.481 e. The first kappa shape index (κ1) is 13.4. The van der Waals surface area contributed by atoms with Crippen LogP contribution in [0.3, 0.4) is 0 Å². The van der Waals surface area contributed by atoms with Crippen molar-refractivity contribution in [2.75, 3.05) is 0 Å². The molecule has 6 nitrogen and oxygen atoms in total. The van der Waals surface area contributed by atoms with Crippen LogP contribution in [0.15, 0.2) is 0 Å². The van der Waals surface area contributed by atoms with E-state index < -0.39 is 35.7 Å². The summed E-state index contributed by atoms with van der Waals surface area (Å²) in [6, 6.07) is 0. The maximum absolute atomic E-state index is 10.8. The lowest BCUT2D eigenvalue weighted by atomic mass is 9.81. The summed E-state index contributed by atoms with van der Waals surface area (Å²) in [6.07, 6.45) is -0.163. The summed E-state index contributed by atoms with van der Waals surface area (Å²) in [4.78, 5) is 32.1. The summed E-state index contributed by atoms with van der Waals surface area (Å²) < 4.78 is 0. The van der Waals surface area contributed by atoms with E-state index in [2.05, 4.69) is 6.92 Å². The molecule has 0 rings (SSSR count). The Hall–Kier alpha value is -1.59. The SMILES string of the molecule is [CH2]CC(C(=O)O)C(C(=O)O)C(C)C(=O)O. The maximum Gasteiger partial charge on any atom is 0.308 e. The second kappa shape index (κ2) is 5.33. The fourth-order valence-corrected chi connectivity index (χ4v) is 1.34. The summed E-state index contributed by atoms with van der Waals surface area (Å²) in [7, 11) is 0. The van der Waals surface area contributed by atoms with Crippen LogP contribution in [0, 0.1) is 24.7 Å². The van der Waals surface area contributed by atoms with Gasteiger partial charge in [-0.15, -0.1) is 0 Å². The zero-order valence-electron chi connectivity index (χ0n) is 8.21. The molecule has 0 aliphatic heterocycles. The third-order valence-electron chi connectivity index (χ3n) is 2.28. The highest BCUT2D eigenvalue weighted by molar-refractivity contribution is 5.85. The van der Waals surface area contributed by atoms with Crippen LogP contribution in [0.5, 0.6) is 0 Å². The number of aliphatic carboxylic acids is 3. The number of carbonyl (C=O) groups is 3. The van der Waals surface area contributed by atoms with Gasteiger partial charge in [0.15, 0.2) is 0 Å². The van der Waals surface area contributed by atoms with Crippen molar-refractivity contribution in [3.63, 3.8) is 0 Å². The molecule has 0 aliphatic carbocycles. The van der Waals surface area contributed by atoms with Crippen LogP contribution in [0.4, 0.5) is 0 Å². The standard InChI is InChI=1S/C9H13O6/c1-3-5(8(12)13)6(9(14)15)4(2)7(10)11/h4-6H,1,3H2,2H3,(H,10,11)(H,12,13)(H,14,15). The van der Waals surface area contributed by atoms with E-state index in [1.807, 2.05) is 0 Å². The Labute approximate surface area is 86.5 Å². The topological polar surface area (TPSA) is 112 Å². The van der Waals surface area contributed by atoms with Crippen LogP contribution >= 0.6 is 0 Å². The average Bonchev–Trinajstić information content (AvgIpc) is 2.11. The van der Waals surface area contributed by atoms with Gasteiger partial charge in [0.1, 0.15) is 0 Å². The zero-order chi connectivity index (χ0) is 12.2. The van der Waals surface area contributed by atoms with Gasteiger partial charge in [-0.25, -0.2) is 0 Å². The normalized spacial score (nSPS) is 16.4. The molecular formula is C9H13O6. The number of hydrogen-bond donors (Lipinski definition) is 3. The minimum Gasteiger partial charge on any atom is -0.481 e. The molecule has 0 fully saturated rings. The Morgan fingerprint density at radius 1 is 1.07 bits per heavy atom. The van der Waals surface area contributed by atoms with Gasteiger partial charge in [0.2, 0.25) is 0 Å². The van der Waals surface area contributed by atoms with E-state index in [1.54, 1.807) is 0 Å². The first-order valence-electron chi connectivity index (χ1n) is 4.30. The lowest BCUT2D eigenvalue weighted by molar-refractivity contribution is -0.161. The molecule has 1 radical (unpaired) electrons. The second-order valence-corrected chi connectivity index (χ2v) is 3.22. The van der Waals surface area contributed by atoms with Crippen LogP contribution in [-0.2, 0) is 14.4 Å². The molecule has 15 heavy (non-hydrogen) atoms. The Morgan fingerprint density at radius 2 is 1.53 bits per heavy atom. The summed E-state index contributed by atoms with van der Waals surface area (Å²) in [5, 5.41) is 26.2. The minimum absolute atomic E-state index is 0.163. The van der Waals surface area contributed by atoms with Gasteiger partial charge in [-0.3, -0.25) is 14.4 Å². The van der Waals surface area contributed by atoms with E-state index >= 15 is 0 Å². The molecule has 0 saturated carbocycles. The average molecular weight is 217 g/mol. The van der Waals surface area contributed by atoms with Crippen molar-refractivity contribution in [2.45, 2.75) is 13.3 Å². The van der Waals surface area contributed by atoms with Gasteiger partial charge < -0.3 is 15.3 Å². The maximum atomic E-state index is 10.8. The zero-order valence-corrected chi connectivity index (χ0v) is 8.21. The van der Waals surface area contributed by atoms with Crippen LogP contribution in [-0.4, -0.2) is 33.2 Å². The highest BCUT2D eigenvalue weighted by atomic mass is 16.4. The lowest BCUT2D eigenvalue weighted by Gasteiger charge is -2.22. The van der Waals surface area contributed by atoms with Gasteiger partial charge in [-0.05, 0) is 6.42 Å². The molecule has 0 aromatic heterocycles. The summed E-state index contributed by atoms with van der Waals surface area (Å²) in [5.41, 5.74) is 0. The Morgan fingerprint density at radius 3 is 1.73 bits per heavy atom. The van der Waals surface area contributed by atoms with Gasteiger partial charge in [-0.2, -0.15) is 0 Å². The molecule has 85 valence electrons. The predicted octanol–water partition coefficient (Wildman–Crippen LogP) is 0.333. The highest BCUT2D eigenvalue weighted by Crippen LogP contribution is 2.25. The molecule has 0 aliphatic rings. The second-order valence-electron chi connectivity index (χ2n) is 3.22. The van der Waals surface area contributed by atoms with E-state index in [1.165, 1.54) is 6.92 Å². The van der Waals surface area contributed by atoms with E-state index in [9.17, 15) is 14.4 Å². The smallest absolute Gasteiger partial charge is 0.308 e. The van der Waals surface area contributed by atoms with Gasteiger partial charge >= 0.3 is 17.9 Å². The fraction of sp³-hybridized carbons (Fsp3) is 0.556. The van der Waals surface area contributed by atoms with Gasteiger partial charge in [0.05, 0.1) is 17.8 Å². The first-order valence-corrected chi connectivity index (χ1v) is 4.30. The Kier molecular flexibility index (Phi) is 4.77. The molecule has 0 amide bonds. The number of hydrogen-bond acceptors (Lipinski definition) is 3. The first-order chi connectivity index (χ1) is 6.82. The molecule has 0 spiro atoms. The lowest BCUT2D eigenvalue weighted by Crippen LogP contribution is -2.37. The Bertz CT molecular complexity index is 272. The Balaban J connectivity index is 5.02. The van der Waals surface area contributed by atoms with E-state index in [-0.39, 0.29) is 6.42 Å². The molecular weight excluding hydrogens is 204 g/mol. The van der Waals surface area contributed by atoms with Crippen molar-refractivity contribution < 1.29 is 29.7 Å². The van der Waals surface area contributed by atoms with Gasteiger partial charge in [0, 0.05) is 0 Å². The van der Waals surface area contributed by atoms with E-state index in [0.717, 1.165) is 0 Å². The third kappa shape index (κ3) is 3.23. The molecule has 6 heteroatoms. The van der Waals surface area contributed by atoms with Crippen LogP contribution < -0.4 is 0 Å². The summed E-state index contributed by atoms with van der Waals surface area (Å²) in [6.45, 7) is 4.49.